The second kappa shape index (κ2) is 4.98. The maximum absolute atomic E-state index is 12.1. The van der Waals surface area contributed by atoms with Gasteiger partial charge in [-0.3, -0.25) is 4.79 Å². The van der Waals surface area contributed by atoms with Crippen molar-refractivity contribution in [2.75, 3.05) is 5.32 Å². The molecule has 0 bridgehead atoms. The first-order valence-electron chi connectivity index (χ1n) is 5.69. The monoisotopic (exact) mass is 306 g/mol. The van der Waals surface area contributed by atoms with Gasteiger partial charge in [0.05, 0.1) is 5.69 Å². The van der Waals surface area contributed by atoms with E-state index in [2.05, 4.69) is 21.2 Å². The number of hydrogen-bond donors (Lipinski definition) is 1. The fourth-order valence-corrected chi connectivity index (χ4v) is 2.34. The van der Waals surface area contributed by atoms with E-state index < -0.39 is 0 Å². The number of halogens is 1. The summed E-state index contributed by atoms with van der Waals surface area (Å²) in [4.78, 5) is 12.1. The van der Waals surface area contributed by atoms with Crippen molar-refractivity contribution in [2.24, 2.45) is 7.05 Å². The average molecular weight is 307 g/mol. The second-order valence-corrected chi connectivity index (χ2v) is 5.21. The molecule has 0 saturated carbocycles. The summed E-state index contributed by atoms with van der Waals surface area (Å²) in [5.74, 6) is -0.102. The Balaban J connectivity index is 2.24. The Hall–Kier alpha value is -1.55. The third-order valence-electron chi connectivity index (χ3n) is 2.98. The van der Waals surface area contributed by atoms with Crippen LogP contribution in [-0.2, 0) is 7.05 Å². The molecule has 2 rings (SSSR count). The third kappa shape index (κ3) is 2.48. The number of aromatic nitrogens is 1. The Morgan fingerprint density at radius 2 is 1.94 bits per heavy atom. The van der Waals surface area contributed by atoms with Gasteiger partial charge in [0.1, 0.15) is 5.69 Å². The second-order valence-electron chi connectivity index (χ2n) is 4.36. The summed E-state index contributed by atoms with van der Waals surface area (Å²) in [5.41, 5.74) is 3.64. The van der Waals surface area contributed by atoms with Crippen molar-refractivity contribution in [3.05, 3.63) is 51.8 Å². The smallest absolute Gasteiger partial charge is 0.272 e. The van der Waals surface area contributed by atoms with Gasteiger partial charge in [0.2, 0.25) is 0 Å². The van der Waals surface area contributed by atoms with Crippen molar-refractivity contribution >= 4 is 27.5 Å². The first-order chi connectivity index (χ1) is 8.49. The molecule has 0 atom stereocenters. The largest absolute Gasteiger partial charge is 0.344 e. The van der Waals surface area contributed by atoms with E-state index in [1.165, 1.54) is 0 Å². The molecular weight excluding hydrogens is 292 g/mol. The van der Waals surface area contributed by atoms with Gasteiger partial charge in [0.25, 0.3) is 5.91 Å². The molecule has 0 saturated heterocycles. The predicted molar refractivity (Wildman–Crippen MR) is 77.0 cm³/mol. The van der Waals surface area contributed by atoms with Crippen LogP contribution < -0.4 is 5.32 Å². The Kier molecular flexibility index (Phi) is 3.57. The van der Waals surface area contributed by atoms with E-state index in [-0.39, 0.29) is 5.91 Å². The summed E-state index contributed by atoms with van der Waals surface area (Å²) in [6.45, 7) is 3.98. The molecular formula is C14H15BrN2O. The van der Waals surface area contributed by atoms with Crippen molar-refractivity contribution < 1.29 is 4.79 Å². The molecule has 0 radical (unpaired) electrons. The first-order valence-corrected chi connectivity index (χ1v) is 6.48. The maximum Gasteiger partial charge on any atom is 0.272 e. The standard InChI is InChI=1S/C14H15BrN2O/c1-9-4-6-12(11(15)8-9)16-14(18)13-7-5-10(2)17(13)3/h4-8H,1-3H3,(H,16,18). The number of hydrogen-bond acceptors (Lipinski definition) is 1. The normalized spacial score (nSPS) is 10.4. The van der Waals surface area contributed by atoms with Gasteiger partial charge in [0.15, 0.2) is 0 Å². The lowest BCUT2D eigenvalue weighted by atomic mass is 10.2. The quantitative estimate of drug-likeness (QED) is 0.902. The summed E-state index contributed by atoms with van der Waals surface area (Å²) in [7, 11) is 1.88. The van der Waals surface area contributed by atoms with Crippen LogP contribution in [0.2, 0.25) is 0 Å². The molecule has 4 heteroatoms. The predicted octanol–water partition coefficient (Wildman–Crippen LogP) is 3.66. The summed E-state index contributed by atoms with van der Waals surface area (Å²) in [5, 5.41) is 2.90. The van der Waals surface area contributed by atoms with Gasteiger partial charge in [-0.25, -0.2) is 0 Å². The van der Waals surface area contributed by atoms with E-state index in [4.69, 9.17) is 0 Å². The molecule has 0 aliphatic heterocycles. The molecule has 1 amide bonds. The number of carbonyl (C=O) groups excluding carboxylic acids is 1. The van der Waals surface area contributed by atoms with Gasteiger partial charge in [-0.2, -0.15) is 0 Å². The van der Waals surface area contributed by atoms with E-state index in [0.29, 0.717) is 5.69 Å². The number of anilines is 1. The van der Waals surface area contributed by atoms with E-state index in [1.54, 1.807) is 0 Å². The highest BCUT2D eigenvalue weighted by atomic mass is 79.9. The highest BCUT2D eigenvalue weighted by Gasteiger charge is 2.12. The Bertz CT molecular complexity index is 602. The summed E-state index contributed by atoms with van der Waals surface area (Å²) in [6, 6.07) is 9.60. The maximum atomic E-state index is 12.1. The molecule has 1 aromatic heterocycles. The number of amides is 1. The number of benzene rings is 1. The Labute approximate surface area is 115 Å². The van der Waals surface area contributed by atoms with Gasteiger partial charge in [-0.05, 0) is 59.6 Å². The van der Waals surface area contributed by atoms with Crippen LogP contribution in [0.15, 0.2) is 34.8 Å². The van der Waals surface area contributed by atoms with Crippen LogP contribution in [0.4, 0.5) is 5.69 Å². The van der Waals surface area contributed by atoms with Gasteiger partial charge in [-0.1, -0.05) is 6.07 Å². The molecule has 2 aromatic rings. The molecule has 0 fully saturated rings. The van der Waals surface area contributed by atoms with Crippen LogP contribution in [0.25, 0.3) is 0 Å². The van der Waals surface area contributed by atoms with Crippen molar-refractivity contribution in [3.63, 3.8) is 0 Å². The summed E-state index contributed by atoms with van der Waals surface area (Å²) < 4.78 is 2.76. The van der Waals surface area contributed by atoms with Gasteiger partial charge < -0.3 is 9.88 Å². The van der Waals surface area contributed by atoms with E-state index >= 15 is 0 Å². The van der Waals surface area contributed by atoms with E-state index in [0.717, 1.165) is 21.4 Å². The SMILES string of the molecule is Cc1ccc(NC(=O)c2ccc(C)n2C)c(Br)c1. The van der Waals surface area contributed by atoms with Gasteiger partial charge in [-0.15, -0.1) is 0 Å². The van der Waals surface area contributed by atoms with Gasteiger partial charge >= 0.3 is 0 Å². The van der Waals surface area contributed by atoms with Crippen LogP contribution in [-0.4, -0.2) is 10.5 Å². The number of carbonyl (C=O) groups is 1. The molecule has 3 nitrogen and oxygen atoms in total. The molecule has 1 heterocycles. The molecule has 1 aromatic carbocycles. The Morgan fingerprint density at radius 1 is 1.22 bits per heavy atom. The van der Waals surface area contributed by atoms with Crippen LogP contribution in [0.1, 0.15) is 21.7 Å². The highest BCUT2D eigenvalue weighted by Crippen LogP contribution is 2.24. The van der Waals surface area contributed by atoms with Crippen molar-refractivity contribution in [1.82, 2.24) is 4.57 Å². The molecule has 0 spiro atoms. The zero-order valence-corrected chi connectivity index (χ0v) is 12.2. The Morgan fingerprint density at radius 3 is 2.50 bits per heavy atom. The molecule has 1 N–H and O–H groups in total. The molecule has 0 aliphatic carbocycles. The fourth-order valence-electron chi connectivity index (χ4n) is 1.75. The average Bonchev–Trinajstić information content (AvgIpc) is 2.64. The first kappa shape index (κ1) is 12.9. The number of aryl methyl sites for hydroxylation is 2. The minimum Gasteiger partial charge on any atom is -0.344 e. The summed E-state index contributed by atoms with van der Waals surface area (Å²) >= 11 is 3.45. The lowest BCUT2D eigenvalue weighted by Crippen LogP contribution is -2.16. The molecule has 0 aliphatic rings. The van der Waals surface area contributed by atoms with Crippen LogP contribution in [0.3, 0.4) is 0 Å². The zero-order chi connectivity index (χ0) is 13.3. The van der Waals surface area contributed by atoms with Crippen molar-refractivity contribution in [1.29, 1.82) is 0 Å². The molecule has 0 unspecified atom stereocenters. The lowest BCUT2D eigenvalue weighted by molar-refractivity contribution is 0.101. The van der Waals surface area contributed by atoms with Gasteiger partial charge in [0, 0.05) is 17.2 Å². The van der Waals surface area contributed by atoms with E-state index in [1.807, 2.05) is 55.8 Å². The highest BCUT2D eigenvalue weighted by molar-refractivity contribution is 9.10. The number of nitrogens with one attached hydrogen (secondary N) is 1. The van der Waals surface area contributed by atoms with Crippen molar-refractivity contribution in [3.8, 4) is 0 Å². The number of rotatable bonds is 2. The lowest BCUT2D eigenvalue weighted by Gasteiger charge is -2.09. The van der Waals surface area contributed by atoms with E-state index in [9.17, 15) is 4.79 Å². The minimum absolute atomic E-state index is 0.102. The number of nitrogens with zero attached hydrogens (tertiary/aromatic N) is 1. The van der Waals surface area contributed by atoms with Crippen LogP contribution in [0, 0.1) is 13.8 Å². The van der Waals surface area contributed by atoms with Crippen LogP contribution in [0.5, 0.6) is 0 Å². The fraction of sp³-hybridized carbons (Fsp3) is 0.214. The molecule has 94 valence electrons. The topological polar surface area (TPSA) is 34.0 Å². The third-order valence-corrected chi connectivity index (χ3v) is 3.63. The summed E-state index contributed by atoms with van der Waals surface area (Å²) in [6.07, 6.45) is 0. The van der Waals surface area contributed by atoms with Crippen molar-refractivity contribution in [2.45, 2.75) is 13.8 Å². The molecule has 18 heavy (non-hydrogen) atoms. The zero-order valence-electron chi connectivity index (χ0n) is 10.6. The minimum atomic E-state index is -0.102. The van der Waals surface area contributed by atoms with Crippen LogP contribution >= 0.6 is 15.9 Å².